The van der Waals surface area contributed by atoms with E-state index in [2.05, 4.69) is 17.2 Å². The highest BCUT2D eigenvalue weighted by Gasteiger charge is 2.07. The van der Waals surface area contributed by atoms with Gasteiger partial charge in [0.2, 0.25) is 5.91 Å². The van der Waals surface area contributed by atoms with E-state index >= 15 is 0 Å². The molecule has 0 spiro atoms. The van der Waals surface area contributed by atoms with Crippen molar-refractivity contribution in [1.29, 1.82) is 0 Å². The number of amides is 1. The van der Waals surface area contributed by atoms with E-state index in [1.165, 1.54) is 95.6 Å². The van der Waals surface area contributed by atoms with E-state index in [0.29, 0.717) is 12.2 Å². The zero-order valence-electron chi connectivity index (χ0n) is 20.5. The molecule has 0 radical (unpaired) electrons. The lowest BCUT2D eigenvalue weighted by Crippen LogP contribution is -2.12. The molecular weight excluding hydrogens is 422 g/mol. The molecular formula is C25H43N3O5. The zero-order chi connectivity index (χ0) is 24.7. The molecule has 0 unspecified atom stereocenters. The number of unbranched alkanes of at least 4 members (excludes halogenated alkanes) is 14. The third kappa shape index (κ3) is 21.1. The Labute approximate surface area is 198 Å². The van der Waals surface area contributed by atoms with Crippen molar-refractivity contribution in [2.45, 2.75) is 117 Å². The molecule has 33 heavy (non-hydrogen) atoms. The SMILES string of the molecule is CC(=O)O.CCCCCCCCCCCCCCCCCC(=O)Nc1ccc([N+](=O)[O-])cn1. The minimum atomic E-state index is -0.833. The van der Waals surface area contributed by atoms with Gasteiger partial charge in [0, 0.05) is 19.4 Å². The van der Waals surface area contributed by atoms with Crippen LogP contribution < -0.4 is 5.32 Å². The van der Waals surface area contributed by atoms with Crippen LogP contribution in [-0.4, -0.2) is 26.9 Å². The molecule has 8 nitrogen and oxygen atoms in total. The van der Waals surface area contributed by atoms with Crippen LogP contribution in [0.15, 0.2) is 18.3 Å². The van der Waals surface area contributed by atoms with Gasteiger partial charge in [-0.05, 0) is 12.5 Å². The lowest BCUT2D eigenvalue weighted by molar-refractivity contribution is -0.385. The molecule has 0 saturated heterocycles. The fraction of sp³-hybridized carbons (Fsp3) is 0.720. The summed E-state index contributed by atoms with van der Waals surface area (Å²) >= 11 is 0. The van der Waals surface area contributed by atoms with E-state index in [4.69, 9.17) is 9.90 Å². The summed E-state index contributed by atoms with van der Waals surface area (Å²) in [5.41, 5.74) is -0.0783. The first-order valence-corrected chi connectivity index (χ1v) is 12.5. The number of nitro groups is 1. The summed E-state index contributed by atoms with van der Waals surface area (Å²) in [7, 11) is 0. The molecule has 0 saturated carbocycles. The number of hydrogen-bond acceptors (Lipinski definition) is 5. The number of nitrogens with one attached hydrogen (secondary N) is 1. The zero-order valence-corrected chi connectivity index (χ0v) is 20.5. The lowest BCUT2D eigenvalue weighted by atomic mass is 10.0. The summed E-state index contributed by atoms with van der Waals surface area (Å²) in [6, 6.07) is 2.80. The van der Waals surface area contributed by atoms with Crippen LogP contribution in [0.2, 0.25) is 0 Å². The summed E-state index contributed by atoms with van der Waals surface area (Å²) in [5.74, 6) is -0.553. The fourth-order valence-corrected chi connectivity index (χ4v) is 3.43. The molecule has 0 atom stereocenters. The van der Waals surface area contributed by atoms with Gasteiger partial charge in [-0.1, -0.05) is 96.8 Å². The smallest absolute Gasteiger partial charge is 0.300 e. The standard InChI is InChI=1S/C23H39N3O3.C2H4O2/c1-2-3-4-5-6-7-8-9-10-11-12-13-14-15-16-17-23(27)25-22-19-18-21(20-24-22)26(28)29;1-2(3)4/h18-20H,2-17H2,1H3,(H,24,25,27);1H3,(H,3,4). The van der Waals surface area contributed by atoms with Crippen molar-refractivity contribution in [3.8, 4) is 0 Å². The number of anilines is 1. The van der Waals surface area contributed by atoms with Crippen molar-refractivity contribution in [3.63, 3.8) is 0 Å². The monoisotopic (exact) mass is 465 g/mol. The van der Waals surface area contributed by atoms with Crippen LogP contribution in [0.25, 0.3) is 0 Å². The molecule has 0 fully saturated rings. The van der Waals surface area contributed by atoms with Crippen LogP contribution in [0.3, 0.4) is 0 Å². The average molecular weight is 466 g/mol. The van der Waals surface area contributed by atoms with Gasteiger partial charge in [0.15, 0.2) is 0 Å². The largest absolute Gasteiger partial charge is 0.481 e. The topological polar surface area (TPSA) is 122 Å². The van der Waals surface area contributed by atoms with Gasteiger partial charge in [0.05, 0.1) is 4.92 Å². The Bertz CT molecular complexity index is 646. The Hall–Kier alpha value is -2.51. The number of carbonyl (C=O) groups is 2. The summed E-state index contributed by atoms with van der Waals surface area (Å²) in [5, 5.41) is 20.7. The first-order valence-electron chi connectivity index (χ1n) is 12.5. The Balaban J connectivity index is 0.00000235. The summed E-state index contributed by atoms with van der Waals surface area (Å²) in [6.45, 7) is 3.35. The number of rotatable bonds is 18. The first kappa shape index (κ1) is 30.5. The van der Waals surface area contributed by atoms with Gasteiger partial charge >= 0.3 is 0 Å². The second kappa shape index (κ2) is 21.3. The maximum Gasteiger partial charge on any atom is 0.300 e. The summed E-state index contributed by atoms with van der Waals surface area (Å²) in [6.07, 6.45) is 21.1. The first-order chi connectivity index (χ1) is 15.9. The van der Waals surface area contributed by atoms with Gasteiger partial charge < -0.3 is 10.4 Å². The van der Waals surface area contributed by atoms with Crippen molar-refractivity contribution < 1.29 is 19.6 Å². The van der Waals surface area contributed by atoms with Crippen molar-refractivity contribution in [2.24, 2.45) is 0 Å². The van der Waals surface area contributed by atoms with Crippen LogP contribution >= 0.6 is 0 Å². The van der Waals surface area contributed by atoms with Crippen molar-refractivity contribution in [1.82, 2.24) is 4.98 Å². The van der Waals surface area contributed by atoms with Gasteiger partial charge in [0.25, 0.3) is 11.7 Å². The highest BCUT2D eigenvalue weighted by atomic mass is 16.6. The van der Waals surface area contributed by atoms with Crippen LogP contribution in [0, 0.1) is 10.1 Å². The predicted molar refractivity (Wildman–Crippen MR) is 132 cm³/mol. The quantitative estimate of drug-likeness (QED) is 0.133. The van der Waals surface area contributed by atoms with E-state index in [1.807, 2.05) is 0 Å². The number of aromatic nitrogens is 1. The molecule has 0 aliphatic rings. The lowest BCUT2D eigenvalue weighted by Gasteiger charge is -2.05. The van der Waals surface area contributed by atoms with Gasteiger partial charge in [-0.25, -0.2) is 4.98 Å². The molecule has 1 heterocycles. The number of pyridine rings is 1. The molecule has 0 bridgehead atoms. The van der Waals surface area contributed by atoms with Crippen LogP contribution in [0.1, 0.15) is 117 Å². The van der Waals surface area contributed by atoms with Crippen molar-refractivity contribution >= 4 is 23.4 Å². The number of carboxylic acids is 1. The van der Waals surface area contributed by atoms with E-state index in [1.54, 1.807) is 0 Å². The average Bonchev–Trinajstić information content (AvgIpc) is 2.76. The van der Waals surface area contributed by atoms with E-state index in [0.717, 1.165) is 26.0 Å². The molecule has 1 aromatic heterocycles. The molecule has 8 heteroatoms. The number of aliphatic carboxylic acids is 1. The maximum atomic E-state index is 11.9. The normalized spacial score (nSPS) is 10.2. The Morgan fingerprint density at radius 2 is 1.30 bits per heavy atom. The second-order valence-electron chi connectivity index (χ2n) is 8.43. The Morgan fingerprint density at radius 3 is 1.67 bits per heavy atom. The molecule has 1 rings (SSSR count). The third-order valence-corrected chi connectivity index (χ3v) is 5.23. The van der Waals surface area contributed by atoms with Crippen LogP contribution in [0.4, 0.5) is 11.5 Å². The predicted octanol–water partition coefficient (Wildman–Crippen LogP) is 7.28. The van der Waals surface area contributed by atoms with Gasteiger partial charge in [-0.2, -0.15) is 0 Å². The molecule has 188 valence electrons. The van der Waals surface area contributed by atoms with Crippen molar-refractivity contribution in [2.75, 3.05) is 5.32 Å². The van der Waals surface area contributed by atoms with Gasteiger partial charge in [-0.3, -0.25) is 19.7 Å². The van der Waals surface area contributed by atoms with Crippen molar-refractivity contribution in [3.05, 3.63) is 28.4 Å². The molecule has 1 amide bonds. The summed E-state index contributed by atoms with van der Waals surface area (Å²) in [4.78, 5) is 34.8. The number of hydrogen-bond donors (Lipinski definition) is 2. The molecule has 2 N–H and O–H groups in total. The highest BCUT2D eigenvalue weighted by molar-refractivity contribution is 5.89. The fourth-order valence-electron chi connectivity index (χ4n) is 3.43. The number of carbonyl (C=O) groups excluding carboxylic acids is 1. The Kier molecular flexibility index (Phi) is 19.7. The minimum Gasteiger partial charge on any atom is -0.481 e. The highest BCUT2D eigenvalue weighted by Crippen LogP contribution is 2.15. The molecule has 0 aliphatic heterocycles. The Morgan fingerprint density at radius 1 is 0.879 bits per heavy atom. The molecule has 0 aromatic carbocycles. The number of carboxylic acid groups (broad SMARTS) is 1. The number of nitrogens with zero attached hydrogens (tertiary/aromatic N) is 2. The van der Waals surface area contributed by atoms with E-state index in [9.17, 15) is 14.9 Å². The third-order valence-electron chi connectivity index (χ3n) is 5.23. The second-order valence-corrected chi connectivity index (χ2v) is 8.43. The van der Waals surface area contributed by atoms with Gasteiger partial charge in [-0.15, -0.1) is 0 Å². The molecule has 1 aromatic rings. The van der Waals surface area contributed by atoms with Crippen LogP contribution in [0.5, 0.6) is 0 Å². The minimum absolute atomic E-state index is 0.0783. The van der Waals surface area contributed by atoms with Gasteiger partial charge in [0.1, 0.15) is 12.0 Å². The summed E-state index contributed by atoms with van der Waals surface area (Å²) < 4.78 is 0. The maximum absolute atomic E-state index is 11.9. The van der Waals surface area contributed by atoms with E-state index in [-0.39, 0.29) is 11.6 Å². The van der Waals surface area contributed by atoms with E-state index < -0.39 is 10.9 Å². The molecule has 0 aliphatic carbocycles. The van der Waals surface area contributed by atoms with Crippen LogP contribution in [-0.2, 0) is 9.59 Å².